The number of nitrogens with zero attached hydrogens (tertiary/aromatic N) is 2. The smallest absolute Gasteiger partial charge is 0.100 e. The van der Waals surface area contributed by atoms with Gasteiger partial charge in [-0.2, -0.15) is 9.98 Å². The Morgan fingerprint density at radius 2 is 1.32 bits per heavy atom. The first-order valence-corrected chi connectivity index (χ1v) is 6.55. The lowest BCUT2D eigenvalue weighted by Crippen LogP contribution is -1.84. The van der Waals surface area contributed by atoms with Gasteiger partial charge in [-0.25, -0.2) is 0 Å². The second kappa shape index (κ2) is 6.33. The average molecular weight is 271 g/mol. The minimum absolute atomic E-state index is 0.528. The zero-order chi connectivity index (χ0) is 13.7. The summed E-state index contributed by atoms with van der Waals surface area (Å²) in [6.07, 6.45) is 0. The van der Waals surface area contributed by atoms with E-state index in [0.717, 1.165) is 11.4 Å². The summed E-state index contributed by atoms with van der Waals surface area (Å²) in [5, 5.41) is 0.695. The molecule has 0 aliphatic carbocycles. The predicted molar refractivity (Wildman–Crippen MR) is 81.2 cm³/mol. The Bertz CT molecular complexity index is 592. The van der Waals surface area contributed by atoms with Crippen LogP contribution < -0.4 is 0 Å². The molecule has 19 heavy (non-hydrogen) atoms. The largest absolute Gasteiger partial charge is 0.188 e. The van der Waals surface area contributed by atoms with E-state index in [1.54, 1.807) is 12.1 Å². The van der Waals surface area contributed by atoms with Crippen LogP contribution in [-0.2, 0) is 0 Å². The van der Waals surface area contributed by atoms with E-state index in [9.17, 15) is 0 Å². The molecule has 3 heteroatoms. The zero-order valence-corrected chi connectivity index (χ0v) is 11.7. The fourth-order valence-electron chi connectivity index (χ4n) is 1.59. The van der Waals surface area contributed by atoms with Crippen molar-refractivity contribution in [2.75, 3.05) is 0 Å². The Morgan fingerprint density at radius 3 is 1.79 bits per heavy atom. The highest BCUT2D eigenvalue weighted by Gasteiger charge is 1.97. The first kappa shape index (κ1) is 13.5. The maximum Gasteiger partial charge on any atom is 0.100 e. The lowest BCUT2D eigenvalue weighted by molar-refractivity contribution is 0.867. The van der Waals surface area contributed by atoms with Crippen molar-refractivity contribution in [1.82, 2.24) is 0 Å². The second-order valence-corrected chi connectivity index (χ2v) is 4.98. The molecule has 0 fully saturated rings. The van der Waals surface area contributed by atoms with Crippen LogP contribution in [0.4, 0.5) is 11.4 Å². The molecule has 0 aliphatic heterocycles. The van der Waals surface area contributed by atoms with Gasteiger partial charge in [0.1, 0.15) is 6.01 Å². The Balaban J connectivity index is 2.11. The molecule has 2 nitrogen and oxygen atoms in total. The third-order valence-corrected chi connectivity index (χ3v) is 3.00. The molecular formula is C16H15ClN2. The van der Waals surface area contributed by atoms with Gasteiger partial charge < -0.3 is 0 Å². The van der Waals surface area contributed by atoms with E-state index in [0.29, 0.717) is 10.9 Å². The monoisotopic (exact) mass is 270 g/mol. The van der Waals surface area contributed by atoms with E-state index in [4.69, 9.17) is 11.6 Å². The molecule has 0 saturated carbocycles. The van der Waals surface area contributed by atoms with Crippen LogP contribution in [-0.4, -0.2) is 6.01 Å². The quantitative estimate of drug-likeness (QED) is 0.649. The first-order valence-electron chi connectivity index (χ1n) is 6.17. The summed E-state index contributed by atoms with van der Waals surface area (Å²) in [5.41, 5.74) is 2.93. The predicted octanol–water partition coefficient (Wildman–Crippen LogP) is 5.60. The number of hydrogen-bond acceptors (Lipinski definition) is 2. The highest BCUT2D eigenvalue weighted by Crippen LogP contribution is 2.19. The van der Waals surface area contributed by atoms with E-state index in [1.165, 1.54) is 5.56 Å². The van der Waals surface area contributed by atoms with Crippen LogP contribution in [0.3, 0.4) is 0 Å². The number of rotatable bonds is 3. The lowest BCUT2D eigenvalue weighted by Gasteiger charge is -2.03. The van der Waals surface area contributed by atoms with E-state index < -0.39 is 0 Å². The van der Waals surface area contributed by atoms with Crippen LogP contribution in [0.1, 0.15) is 25.3 Å². The molecule has 0 heterocycles. The van der Waals surface area contributed by atoms with Gasteiger partial charge >= 0.3 is 0 Å². The van der Waals surface area contributed by atoms with Gasteiger partial charge in [0.15, 0.2) is 0 Å². The Hall–Kier alpha value is -1.89. The van der Waals surface area contributed by atoms with Gasteiger partial charge in [-0.1, -0.05) is 37.6 Å². The van der Waals surface area contributed by atoms with Gasteiger partial charge in [-0.05, 0) is 47.9 Å². The highest BCUT2D eigenvalue weighted by molar-refractivity contribution is 6.30. The third-order valence-electron chi connectivity index (χ3n) is 2.74. The lowest BCUT2D eigenvalue weighted by atomic mass is 10.0. The molecule has 0 radical (unpaired) electrons. The van der Waals surface area contributed by atoms with Crippen molar-refractivity contribution in [3.05, 3.63) is 59.1 Å². The molecule has 96 valence electrons. The summed E-state index contributed by atoms with van der Waals surface area (Å²) in [6, 6.07) is 18.0. The van der Waals surface area contributed by atoms with Crippen LogP contribution in [0.25, 0.3) is 0 Å². The van der Waals surface area contributed by atoms with Gasteiger partial charge in [0.05, 0.1) is 11.4 Å². The maximum absolute atomic E-state index is 5.80. The maximum atomic E-state index is 5.80. The molecule has 0 unspecified atom stereocenters. The first-order chi connectivity index (χ1) is 9.15. The number of benzene rings is 2. The van der Waals surface area contributed by atoms with E-state index in [1.807, 2.05) is 24.3 Å². The van der Waals surface area contributed by atoms with Gasteiger partial charge in [-0.3, -0.25) is 0 Å². The fourth-order valence-corrected chi connectivity index (χ4v) is 1.72. The van der Waals surface area contributed by atoms with Gasteiger partial charge in [0.25, 0.3) is 0 Å². The van der Waals surface area contributed by atoms with Crippen molar-refractivity contribution < 1.29 is 0 Å². The molecule has 0 bridgehead atoms. The Kier molecular flexibility index (Phi) is 4.51. The topological polar surface area (TPSA) is 24.7 Å². The van der Waals surface area contributed by atoms with Crippen LogP contribution in [0.2, 0.25) is 5.02 Å². The van der Waals surface area contributed by atoms with Crippen molar-refractivity contribution in [1.29, 1.82) is 0 Å². The third kappa shape index (κ3) is 4.06. The SMILES string of the molecule is CC(C)c1ccc(N=C=Nc2ccc(Cl)cc2)cc1. The minimum atomic E-state index is 0.528. The molecule has 2 rings (SSSR count). The molecule has 2 aromatic carbocycles. The summed E-state index contributed by atoms with van der Waals surface area (Å²) in [4.78, 5) is 8.30. The van der Waals surface area contributed by atoms with Crippen LogP contribution in [0.5, 0.6) is 0 Å². The molecular weight excluding hydrogens is 256 g/mol. The van der Waals surface area contributed by atoms with E-state index in [2.05, 4.69) is 42.0 Å². The molecule has 0 amide bonds. The van der Waals surface area contributed by atoms with Crippen molar-refractivity contribution in [3.63, 3.8) is 0 Å². The molecule has 0 N–H and O–H groups in total. The van der Waals surface area contributed by atoms with Gasteiger partial charge in [0.2, 0.25) is 0 Å². The molecule has 0 saturated heterocycles. The van der Waals surface area contributed by atoms with Crippen molar-refractivity contribution in [3.8, 4) is 0 Å². The zero-order valence-electron chi connectivity index (χ0n) is 11.0. The summed E-state index contributed by atoms with van der Waals surface area (Å²) in [6.45, 7) is 4.33. The van der Waals surface area contributed by atoms with E-state index >= 15 is 0 Å². The number of aliphatic imine (C=N–C) groups is 2. The second-order valence-electron chi connectivity index (χ2n) is 4.55. The Morgan fingerprint density at radius 1 is 0.842 bits per heavy atom. The molecule has 0 spiro atoms. The van der Waals surface area contributed by atoms with E-state index in [-0.39, 0.29) is 0 Å². The van der Waals surface area contributed by atoms with Crippen LogP contribution in [0.15, 0.2) is 58.5 Å². The van der Waals surface area contributed by atoms with Crippen molar-refractivity contribution >= 4 is 29.0 Å². The number of hydrogen-bond donors (Lipinski definition) is 0. The molecule has 0 atom stereocenters. The Labute approximate surface area is 118 Å². The molecule has 2 aromatic rings. The summed E-state index contributed by atoms with van der Waals surface area (Å²) in [7, 11) is 0. The van der Waals surface area contributed by atoms with Crippen molar-refractivity contribution in [2.24, 2.45) is 9.98 Å². The summed E-state index contributed by atoms with van der Waals surface area (Å²) in [5.74, 6) is 0.528. The summed E-state index contributed by atoms with van der Waals surface area (Å²) >= 11 is 5.80. The van der Waals surface area contributed by atoms with Crippen LogP contribution in [0, 0.1) is 0 Å². The van der Waals surface area contributed by atoms with Gasteiger partial charge in [-0.15, -0.1) is 0 Å². The highest BCUT2D eigenvalue weighted by atomic mass is 35.5. The number of halogens is 1. The average Bonchev–Trinajstić information content (AvgIpc) is 2.41. The summed E-state index contributed by atoms with van der Waals surface area (Å²) < 4.78 is 0. The fraction of sp³-hybridized carbons (Fsp3) is 0.188. The standard InChI is InChI=1S/C16H15ClN2/c1-12(2)13-3-7-15(8-4-13)18-11-19-16-9-5-14(17)6-10-16/h3-10,12H,1-2H3. The molecule has 0 aliphatic rings. The van der Waals surface area contributed by atoms with Gasteiger partial charge in [0, 0.05) is 5.02 Å². The van der Waals surface area contributed by atoms with Crippen molar-refractivity contribution in [2.45, 2.75) is 19.8 Å². The van der Waals surface area contributed by atoms with Crippen LogP contribution >= 0.6 is 11.6 Å². The minimum Gasteiger partial charge on any atom is -0.188 e. The molecule has 0 aromatic heterocycles. The normalized spacial score (nSPS) is 10.1.